The van der Waals surface area contributed by atoms with E-state index in [1.807, 2.05) is 0 Å². The van der Waals surface area contributed by atoms with Crippen LogP contribution in [0, 0.1) is 12.7 Å². The van der Waals surface area contributed by atoms with Gasteiger partial charge in [0.2, 0.25) is 0 Å². The van der Waals surface area contributed by atoms with Gasteiger partial charge in [-0.05, 0) is 24.6 Å². The number of benzene rings is 1. The number of rotatable bonds is 1. The van der Waals surface area contributed by atoms with Crippen molar-refractivity contribution in [3.63, 3.8) is 0 Å². The van der Waals surface area contributed by atoms with Crippen LogP contribution in [0.1, 0.15) is 5.56 Å². The highest BCUT2D eigenvalue weighted by molar-refractivity contribution is 5.33. The van der Waals surface area contributed by atoms with E-state index in [4.69, 9.17) is 0 Å². The molecule has 0 saturated heterocycles. The molecule has 2 aromatic rings. The van der Waals surface area contributed by atoms with Crippen molar-refractivity contribution in [1.29, 1.82) is 0 Å². The summed E-state index contributed by atoms with van der Waals surface area (Å²) in [4.78, 5) is 0. The van der Waals surface area contributed by atoms with Crippen LogP contribution in [0.15, 0.2) is 36.7 Å². The Hall–Kier alpha value is -1.64. The molecule has 65 valence electrons. The predicted octanol–water partition coefficient (Wildman–Crippen LogP) is 2.19. The zero-order valence-corrected chi connectivity index (χ0v) is 6.94. The minimum absolute atomic E-state index is 0.286. The molecule has 0 unspecified atom stereocenters. The quantitative estimate of drug-likeness (QED) is 0.649. The molecule has 0 fully saturated rings. The Morgan fingerprint density at radius 1 is 1.31 bits per heavy atom. The van der Waals surface area contributed by atoms with E-state index in [0.717, 1.165) is 5.56 Å². The molecule has 0 atom stereocenters. The first kappa shape index (κ1) is 7.98. The molecule has 0 bridgehead atoms. The lowest BCUT2D eigenvalue weighted by atomic mass is 10.3. The summed E-state index contributed by atoms with van der Waals surface area (Å²) in [7, 11) is 0. The smallest absolute Gasteiger partial charge is 0.148 e. The Morgan fingerprint density at radius 2 is 2.08 bits per heavy atom. The van der Waals surface area contributed by atoms with Crippen LogP contribution in [0.5, 0.6) is 0 Å². The zero-order valence-electron chi connectivity index (χ0n) is 6.94. The fourth-order valence-corrected chi connectivity index (χ4v) is 1.13. The maximum absolute atomic E-state index is 13.2. The Labute approximate surface area is 75.6 Å². The van der Waals surface area contributed by atoms with Crippen molar-refractivity contribution in [1.82, 2.24) is 9.78 Å². The monoisotopic (exact) mass is 175 g/mol. The van der Waals surface area contributed by atoms with Gasteiger partial charge >= 0.3 is 0 Å². The molecule has 0 aliphatic rings. The molecule has 1 aromatic carbocycles. The largest absolute Gasteiger partial charge is 0.238 e. The van der Waals surface area contributed by atoms with Crippen molar-refractivity contribution in [2.24, 2.45) is 0 Å². The van der Waals surface area contributed by atoms with Crippen molar-refractivity contribution >= 4 is 0 Å². The molecule has 13 heavy (non-hydrogen) atoms. The molecule has 2 rings (SSSR count). The van der Waals surface area contributed by atoms with Crippen LogP contribution in [0.3, 0.4) is 0 Å². The van der Waals surface area contributed by atoms with Gasteiger partial charge in [0.05, 0.1) is 6.20 Å². The van der Waals surface area contributed by atoms with E-state index in [2.05, 4.69) is 12.0 Å². The molecule has 1 heterocycles. The van der Waals surface area contributed by atoms with Gasteiger partial charge in [-0.1, -0.05) is 12.1 Å². The van der Waals surface area contributed by atoms with Crippen LogP contribution in [-0.4, -0.2) is 9.78 Å². The number of hydrogen-bond acceptors (Lipinski definition) is 1. The lowest BCUT2D eigenvalue weighted by Gasteiger charge is -2.00. The van der Waals surface area contributed by atoms with Crippen molar-refractivity contribution < 1.29 is 4.39 Å². The summed E-state index contributed by atoms with van der Waals surface area (Å²) in [5.74, 6) is -0.286. The highest BCUT2D eigenvalue weighted by Gasteiger charge is 2.02. The fraction of sp³-hybridized carbons (Fsp3) is 0. The normalized spacial score (nSPS) is 10.3. The summed E-state index contributed by atoms with van der Waals surface area (Å²) in [6.07, 6.45) is 3.27. The van der Waals surface area contributed by atoms with Crippen LogP contribution in [0.2, 0.25) is 0 Å². The summed E-state index contributed by atoms with van der Waals surface area (Å²) >= 11 is 0. The van der Waals surface area contributed by atoms with E-state index in [0.29, 0.717) is 5.69 Å². The average Bonchev–Trinajstić information content (AvgIpc) is 2.53. The topological polar surface area (TPSA) is 17.8 Å². The van der Waals surface area contributed by atoms with Crippen LogP contribution in [-0.2, 0) is 0 Å². The van der Waals surface area contributed by atoms with Crippen molar-refractivity contribution in [2.75, 3.05) is 0 Å². The standard InChI is InChI=1S/C10H8FN2/c1-8-6-12-13(7-8)10-5-3-2-4-9(10)11/h2-7H,1H2. The first-order valence-electron chi connectivity index (χ1n) is 3.89. The lowest BCUT2D eigenvalue weighted by Crippen LogP contribution is -1.96. The minimum Gasteiger partial charge on any atom is -0.238 e. The van der Waals surface area contributed by atoms with Gasteiger partial charge in [-0.25, -0.2) is 9.07 Å². The maximum atomic E-state index is 13.2. The molecule has 2 nitrogen and oxygen atoms in total. The Kier molecular flexibility index (Phi) is 1.85. The van der Waals surface area contributed by atoms with Crippen LogP contribution in [0.4, 0.5) is 4.39 Å². The van der Waals surface area contributed by atoms with Gasteiger partial charge in [0.15, 0.2) is 0 Å². The molecule has 0 aliphatic heterocycles. The lowest BCUT2D eigenvalue weighted by molar-refractivity contribution is 0.611. The van der Waals surface area contributed by atoms with Crippen LogP contribution < -0.4 is 0 Å². The van der Waals surface area contributed by atoms with E-state index >= 15 is 0 Å². The third-order valence-corrected chi connectivity index (χ3v) is 1.74. The summed E-state index contributed by atoms with van der Waals surface area (Å²) in [5, 5.41) is 3.96. The first-order valence-corrected chi connectivity index (χ1v) is 3.89. The second-order valence-electron chi connectivity index (χ2n) is 2.74. The van der Waals surface area contributed by atoms with Crippen LogP contribution in [0.25, 0.3) is 5.69 Å². The van der Waals surface area contributed by atoms with Gasteiger partial charge in [-0.15, -0.1) is 0 Å². The first-order chi connectivity index (χ1) is 6.27. The Bertz CT molecular complexity index is 420. The molecule has 0 amide bonds. The van der Waals surface area contributed by atoms with E-state index in [-0.39, 0.29) is 5.82 Å². The third kappa shape index (κ3) is 1.45. The highest BCUT2D eigenvalue weighted by atomic mass is 19.1. The molecule has 1 radical (unpaired) electrons. The fourth-order valence-electron chi connectivity index (χ4n) is 1.13. The van der Waals surface area contributed by atoms with Gasteiger partial charge in [0, 0.05) is 6.20 Å². The van der Waals surface area contributed by atoms with Crippen molar-refractivity contribution in [3.05, 3.63) is 55.0 Å². The predicted molar refractivity (Wildman–Crippen MR) is 48.0 cm³/mol. The van der Waals surface area contributed by atoms with Crippen molar-refractivity contribution in [2.45, 2.75) is 0 Å². The summed E-state index contributed by atoms with van der Waals surface area (Å²) in [6, 6.07) is 6.48. The second-order valence-corrected chi connectivity index (χ2v) is 2.74. The molecule has 0 N–H and O–H groups in total. The van der Waals surface area contributed by atoms with Gasteiger partial charge in [0.25, 0.3) is 0 Å². The molecular weight excluding hydrogens is 167 g/mol. The number of aromatic nitrogens is 2. The van der Waals surface area contributed by atoms with Crippen LogP contribution >= 0.6 is 0 Å². The maximum Gasteiger partial charge on any atom is 0.148 e. The summed E-state index contributed by atoms with van der Waals surface area (Å²) < 4.78 is 14.7. The minimum atomic E-state index is -0.286. The Morgan fingerprint density at radius 3 is 2.69 bits per heavy atom. The van der Waals surface area contributed by atoms with Gasteiger partial charge in [0.1, 0.15) is 11.5 Å². The molecule has 0 saturated carbocycles. The van der Waals surface area contributed by atoms with Gasteiger partial charge in [-0.2, -0.15) is 5.10 Å². The van der Waals surface area contributed by atoms with E-state index < -0.39 is 0 Å². The van der Waals surface area contributed by atoms with E-state index in [1.165, 1.54) is 10.7 Å². The summed E-state index contributed by atoms with van der Waals surface area (Å²) in [5.41, 5.74) is 1.21. The van der Waals surface area contributed by atoms with Gasteiger partial charge in [-0.3, -0.25) is 0 Å². The summed E-state index contributed by atoms with van der Waals surface area (Å²) in [6.45, 7) is 3.69. The number of halogens is 1. The zero-order chi connectivity index (χ0) is 9.26. The number of para-hydroxylation sites is 1. The number of nitrogens with zero attached hydrogens (tertiary/aromatic N) is 2. The van der Waals surface area contributed by atoms with Crippen molar-refractivity contribution in [3.8, 4) is 5.69 Å². The molecular formula is C10H8FN2. The molecule has 0 aliphatic carbocycles. The second kappa shape index (κ2) is 3.01. The van der Waals surface area contributed by atoms with E-state index in [1.54, 1.807) is 30.6 Å². The van der Waals surface area contributed by atoms with E-state index in [9.17, 15) is 4.39 Å². The SMILES string of the molecule is [CH2]c1cnn(-c2ccccc2F)c1. The third-order valence-electron chi connectivity index (χ3n) is 1.74. The average molecular weight is 175 g/mol. The number of hydrogen-bond donors (Lipinski definition) is 0. The molecule has 3 heteroatoms. The Balaban J connectivity index is 2.52. The highest BCUT2D eigenvalue weighted by Crippen LogP contribution is 2.11. The molecule has 0 spiro atoms. The molecule has 1 aromatic heterocycles. The van der Waals surface area contributed by atoms with Gasteiger partial charge < -0.3 is 0 Å².